The number of rotatable bonds is 7. The molecule has 0 amide bonds. The summed E-state index contributed by atoms with van der Waals surface area (Å²) < 4.78 is 5.40. The van der Waals surface area contributed by atoms with Gasteiger partial charge in [0.2, 0.25) is 0 Å². The lowest BCUT2D eigenvalue weighted by Crippen LogP contribution is -2.23. The van der Waals surface area contributed by atoms with Crippen molar-refractivity contribution in [3.8, 4) is 0 Å². The van der Waals surface area contributed by atoms with E-state index in [4.69, 9.17) is 4.74 Å². The fraction of sp³-hybridized carbons (Fsp3) is 0.917. The average Bonchev–Trinajstić information content (AvgIpc) is 2.08. The number of ether oxygens (including phenoxy) is 1. The number of hydrogen-bond donors (Lipinski definition) is 0. The van der Waals surface area contributed by atoms with E-state index in [2.05, 4.69) is 6.92 Å². The van der Waals surface area contributed by atoms with Gasteiger partial charge in [0.15, 0.2) is 5.78 Å². The molecule has 0 atom stereocenters. The lowest BCUT2D eigenvalue weighted by atomic mass is 10.1. The lowest BCUT2D eigenvalue weighted by molar-refractivity contribution is -0.128. The highest BCUT2D eigenvalue weighted by molar-refractivity contribution is 5.79. The third-order valence-corrected chi connectivity index (χ3v) is 1.98. The van der Waals surface area contributed by atoms with Gasteiger partial charge in [0.05, 0.1) is 5.60 Å². The summed E-state index contributed by atoms with van der Waals surface area (Å²) in [5.74, 6) is 0.232. The summed E-state index contributed by atoms with van der Waals surface area (Å²) in [6.07, 6.45) is 5.30. The molecular weight excluding hydrogens is 176 g/mol. The second-order valence-corrected chi connectivity index (χ2v) is 4.75. The Hall–Kier alpha value is -0.370. The van der Waals surface area contributed by atoms with Crippen molar-refractivity contribution in [2.45, 2.75) is 65.4 Å². The molecule has 84 valence electrons. The number of hydrogen-bond acceptors (Lipinski definition) is 2. The summed E-state index contributed by atoms with van der Waals surface area (Å²) >= 11 is 0. The van der Waals surface area contributed by atoms with Gasteiger partial charge < -0.3 is 4.74 Å². The van der Waals surface area contributed by atoms with Gasteiger partial charge in [-0.05, 0) is 27.2 Å². The highest BCUT2D eigenvalue weighted by Crippen LogP contribution is 2.08. The fourth-order valence-corrected chi connectivity index (χ4v) is 1.12. The molecule has 0 aliphatic carbocycles. The van der Waals surface area contributed by atoms with Crippen molar-refractivity contribution in [3.63, 3.8) is 0 Å². The van der Waals surface area contributed by atoms with Crippen LogP contribution in [0, 0.1) is 0 Å². The molecule has 0 heterocycles. The molecule has 0 aliphatic heterocycles. The number of ketones is 1. The Labute approximate surface area is 88.0 Å². The van der Waals surface area contributed by atoms with Crippen LogP contribution >= 0.6 is 0 Å². The molecule has 0 fully saturated rings. The summed E-state index contributed by atoms with van der Waals surface area (Å²) in [5.41, 5.74) is -0.195. The second kappa shape index (κ2) is 6.99. The zero-order valence-electron chi connectivity index (χ0n) is 10.1. The van der Waals surface area contributed by atoms with Gasteiger partial charge in [0.1, 0.15) is 6.61 Å². The Kier molecular flexibility index (Phi) is 6.81. The van der Waals surface area contributed by atoms with Crippen LogP contribution in [0.3, 0.4) is 0 Å². The average molecular weight is 200 g/mol. The van der Waals surface area contributed by atoms with Crippen molar-refractivity contribution in [1.82, 2.24) is 0 Å². The Morgan fingerprint density at radius 2 is 1.79 bits per heavy atom. The van der Waals surface area contributed by atoms with Crippen LogP contribution in [-0.2, 0) is 9.53 Å². The molecule has 0 unspecified atom stereocenters. The van der Waals surface area contributed by atoms with Gasteiger partial charge in [-0.2, -0.15) is 0 Å². The van der Waals surface area contributed by atoms with E-state index in [9.17, 15) is 4.79 Å². The fourth-order valence-electron chi connectivity index (χ4n) is 1.12. The standard InChI is InChI=1S/C12H24O2/c1-5-6-7-8-9-11(13)10-14-12(2,3)4/h5-10H2,1-4H3. The smallest absolute Gasteiger partial charge is 0.158 e. The van der Waals surface area contributed by atoms with Crippen molar-refractivity contribution in [1.29, 1.82) is 0 Å². The van der Waals surface area contributed by atoms with Crippen LogP contribution < -0.4 is 0 Å². The maximum absolute atomic E-state index is 11.3. The molecule has 2 nitrogen and oxygen atoms in total. The van der Waals surface area contributed by atoms with Crippen LogP contribution in [0.25, 0.3) is 0 Å². The molecule has 0 aromatic heterocycles. The first kappa shape index (κ1) is 13.6. The Morgan fingerprint density at radius 3 is 2.29 bits per heavy atom. The molecule has 0 N–H and O–H groups in total. The van der Waals surface area contributed by atoms with Gasteiger partial charge in [-0.3, -0.25) is 4.79 Å². The Morgan fingerprint density at radius 1 is 1.14 bits per heavy atom. The first-order valence-electron chi connectivity index (χ1n) is 5.61. The summed E-state index contributed by atoms with van der Waals surface area (Å²) in [6.45, 7) is 8.35. The van der Waals surface area contributed by atoms with Gasteiger partial charge in [-0.25, -0.2) is 0 Å². The number of Topliss-reactive ketones (excluding diaryl/α,β-unsaturated/α-hetero) is 1. The first-order chi connectivity index (χ1) is 6.45. The van der Waals surface area contributed by atoms with Gasteiger partial charge in [0.25, 0.3) is 0 Å². The van der Waals surface area contributed by atoms with E-state index in [-0.39, 0.29) is 18.0 Å². The molecule has 0 rings (SSSR count). The van der Waals surface area contributed by atoms with Gasteiger partial charge in [-0.15, -0.1) is 0 Å². The molecule has 0 saturated heterocycles. The number of carbonyl (C=O) groups is 1. The number of unbranched alkanes of at least 4 members (excludes halogenated alkanes) is 3. The van der Waals surface area contributed by atoms with Crippen LogP contribution in [0.15, 0.2) is 0 Å². The summed E-state index contributed by atoms with van der Waals surface area (Å²) in [7, 11) is 0. The van der Waals surface area contributed by atoms with Crippen molar-refractivity contribution < 1.29 is 9.53 Å². The third-order valence-electron chi connectivity index (χ3n) is 1.98. The molecule has 0 aromatic carbocycles. The highest BCUT2D eigenvalue weighted by atomic mass is 16.5. The molecule has 14 heavy (non-hydrogen) atoms. The van der Waals surface area contributed by atoms with E-state index >= 15 is 0 Å². The molecular formula is C12H24O2. The minimum atomic E-state index is -0.195. The maximum Gasteiger partial charge on any atom is 0.158 e. The van der Waals surface area contributed by atoms with Gasteiger partial charge in [0, 0.05) is 6.42 Å². The summed E-state index contributed by atoms with van der Waals surface area (Å²) in [6, 6.07) is 0. The van der Waals surface area contributed by atoms with Crippen molar-refractivity contribution in [2.75, 3.05) is 6.61 Å². The molecule has 0 radical (unpaired) electrons. The van der Waals surface area contributed by atoms with Crippen molar-refractivity contribution in [2.24, 2.45) is 0 Å². The first-order valence-corrected chi connectivity index (χ1v) is 5.61. The van der Waals surface area contributed by atoms with Crippen LogP contribution in [0.2, 0.25) is 0 Å². The van der Waals surface area contributed by atoms with E-state index in [1.165, 1.54) is 12.8 Å². The molecule has 0 aliphatic rings. The molecule has 0 aromatic rings. The monoisotopic (exact) mass is 200 g/mol. The SMILES string of the molecule is CCCCCCC(=O)COC(C)(C)C. The quantitative estimate of drug-likeness (QED) is 0.589. The Balaban J connectivity index is 3.38. The zero-order chi connectivity index (χ0) is 11.0. The van der Waals surface area contributed by atoms with Gasteiger partial charge >= 0.3 is 0 Å². The molecule has 0 spiro atoms. The van der Waals surface area contributed by atoms with E-state index in [1.807, 2.05) is 20.8 Å². The van der Waals surface area contributed by atoms with Crippen molar-refractivity contribution in [3.05, 3.63) is 0 Å². The van der Waals surface area contributed by atoms with E-state index in [1.54, 1.807) is 0 Å². The highest BCUT2D eigenvalue weighted by Gasteiger charge is 2.12. The topological polar surface area (TPSA) is 26.3 Å². The summed E-state index contributed by atoms with van der Waals surface area (Å²) in [5, 5.41) is 0. The maximum atomic E-state index is 11.3. The molecule has 2 heteroatoms. The minimum absolute atomic E-state index is 0.195. The van der Waals surface area contributed by atoms with Crippen molar-refractivity contribution >= 4 is 5.78 Å². The predicted octanol–water partition coefficient (Wildman–Crippen LogP) is 3.34. The van der Waals surface area contributed by atoms with Crippen LogP contribution in [0.5, 0.6) is 0 Å². The van der Waals surface area contributed by atoms with Crippen LogP contribution in [-0.4, -0.2) is 18.0 Å². The van der Waals surface area contributed by atoms with E-state index < -0.39 is 0 Å². The third kappa shape index (κ3) is 9.72. The predicted molar refractivity (Wildman–Crippen MR) is 59.5 cm³/mol. The van der Waals surface area contributed by atoms with Crippen LogP contribution in [0.4, 0.5) is 0 Å². The number of carbonyl (C=O) groups excluding carboxylic acids is 1. The van der Waals surface area contributed by atoms with E-state index in [0.29, 0.717) is 6.42 Å². The lowest BCUT2D eigenvalue weighted by Gasteiger charge is -2.18. The zero-order valence-corrected chi connectivity index (χ0v) is 10.1. The Bertz CT molecular complexity index is 156. The minimum Gasteiger partial charge on any atom is -0.368 e. The second-order valence-electron chi connectivity index (χ2n) is 4.75. The largest absolute Gasteiger partial charge is 0.368 e. The van der Waals surface area contributed by atoms with Crippen LogP contribution in [0.1, 0.15) is 59.8 Å². The molecule has 0 saturated carbocycles. The normalized spacial score (nSPS) is 11.7. The van der Waals surface area contributed by atoms with E-state index in [0.717, 1.165) is 12.8 Å². The summed E-state index contributed by atoms with van der Waals surface area (Å²) in [4.78, 5) is 11.3. The molecule has 0 bridgehead atoms. The van der Waals surface area contributed by atoms with Gasteiger partial charge in [-0.1, -0.05) is 26.2 Å².